The summed E-state index contributed by atoms with van der Waals surface area (Å²) in [6.07, 6.45) is 9.62. The molecule has 1 saturated carbocycles. The number of ether oxygens (including phenoxy) is 1. The van der Waals surface area contributed by atoms with Crippen molar-refractivity contribution < 1.29 is 4.74 Å². The molecule has 1 saturated heterocycles. The van der Waals surface area contributed by atoms with Crippen LogP contribution in [-0.2, 0) is 4.74 Å². The Morgan fingerprint density at radius 1 is 1.19 bits per heavy atom. The van der Waals surface area contributed by atoms with Gasteiger partial charge in [-0.1, -0.05) is 25.7 Å². The zero-order valence-electron chi connectivity index (χ0n) is 10.9. The van der Waals surface area contributed by atoms with Gasteiger partial charge in [0, 0.05) is 12.6 Å². The normalized spacial score (nSPS) is 30.8. The van der Waals surface area contributed by atoms with Crippen molar-refractivity contribution in [3.05, 3.63) is 0 Å². The largest absolute Gasteiger partial charge is 0.375 e. The van der Waals surface area contributed by atoms with Gasteiger partial charge >= 0.3 is 0 Å². The van der Waals surface area contributed by atoms with Gasteiger partial charge in [-0.25, -0.2) is 0 Å². The van der Waals surface area contributed by atoms with Gasteiger partial charge in [-0.3, -0.25) is 0 Å². The first-order valence-electron chi connectivity index (χ1n) is 7.03. The first-order valence-corrected chi connectivity index (χ1v) is 7.03. The van der Waals surface area contributed by atoms with E-state index < -0.39 is 0 Å². The van der Waals surface area contributed by atoms with Gasteiger partial charge in [0.15, 0.2) is 0 Å². The molecule has 1 aliphatic heterocycles. The lowest BCUT2D eigenvalue weighted by Gasteiger charge is -2.36. The Labute approximate surface area is 100 Å². The molecule has 0 spiro atoms. The Morgan fingerprint density at radius 2 is 1.94 bits per heavy atom. The molecule has 0 aromatic heterocycles. The van der Waals surface area contributed by atoms with Gasteiger partial charge in [0.05, 0.1) is 5.60 Å². The van der Waals surface area contributed by atoms with E-state index in [4.69, 9.17) is 4.74 Å². The molecule has 2 nitrogen and oxygen atoms in total. The average molecular weight is 225 g/mol. The summed E-state index contributed by atoms with van der Waals surface area (Å²) < 4.78 is 5.74. The van der Waals surface area contributed by atoms with E-state index in [0.717, 1.165) is 18.9 Å². The Hall–Kier alpha value is -0.0800. The van der Waals surface area contributed by atoms with Crippen molar-refractivity contribution in [3.8, 4) is 0 Å². The van der Waals surface area contributed by atoms with E-state index in [9.17, 15) is 0 Å². The van der Waals surface area contributed by atoms with Gasteiger partial charge < -0.3 is 10.1 Å². The van der Waals surface area contributed by atoms with Crippen LogP contribution in [0.1, 0.15) is 58.8 Å². The standard InChI is InChI=1S/C14H27NO/c1-14(2)11-13(8-10-16-14)15-9-7-12-5-3-4-6-12/h12-13,15H,3-11H2,1-2H3. The highest BCUT2D eigenvalue weighted by molar-refractivity contribution is 4.83. The molecule has 94 valence electrons. The second kappa shape index (κ2) is 5.50. The molecule has 0 bridgehead atoms. The SMILES string of the molecule is CC1(C)CC(NCCC2CCCC2)CCO1. The first-order chi connectivity index (χ1) is 7.66. The first kappa shape index (κ1) is 12.4. The van der Waals surface area contributed by atoms with Gasteiger partial charge in [0.1, 0.15) is 0 Å². The third-order valence-corrected chi connectivity index (χ3v) is 4.16. The zero-order valence-corrected chi connectivity index (χ0v) is 10.9. The predicted octanol–water partition coefficient (Wildman–Crippen LogP) is 3.11. The summed E-state index contributed by atoms with van der Waals surface area (Å²) in [6.45, 7) is 6.55. The van der Waals surface area contributed by atoms with E-state index in [2.05, 4.69) is 19.2 Å². The lowest BCUT2D eigenvalue weighted by atomic mass is 9.93. The zero-order chi connectivity index (χ0) is 11.4. The van der Waals surface area contributed by atoms with Crippen molar-refractivity contribution in [2.45, 2.75) is 70.4 Å². The van der Waals surface area contributed by atoms with E-state index in [1.165, 1.54) is 45.1 Å². The molecule has 1 N–H and O–H groups in total. The van der Waals surface area contributed by atoms with Crippen LogP contribution < -0.4 is 5.32 Å². The van der Waals surface area contributed by atoms with E-state index in [1.54, 1.807) is 0 Å². The van der Waals surface area contributed by atoms with E-state index in [0.29, 0.717) is 6.04 Å². The molecule has 16 heavy (non-hydrogen) atoms. The van der Waals surface area contributed by atoms with Gasteiger partial charge in [-0.05, 0) is 45.6 Å². The topological polar surface area (TPSA) is 21.3 Å². The van der Waals surface area contributed by atoms with Crippen molar-refractivity contribution in [1.82, 2.24) is 5.32 Å². The van der Waals surface area contributed by atoms with Gasteiger partial charge in [-0.15, -0.1) is 0 Å². The average Bonchev–Trinajstić information content (AvgIpc) is 2.69. The minimum absolute atomic E-state index is 0.0866. The molecule has 2 aliphatic rings. The molecule has 1 unspecified atom stereocenters. The molecule has 1 atom stereocenters. The molecule has 2 fully saturated rings. The van der Waals surface area contributed by atoms with Crippen molar-refractivity contribution >= 4 is 0 Å². The maximum atomic E-state index is 5.74. The van der Waals surface area contributed by atoms with E-state index >= 15 is 0 Å². The summed E-state index contributed by atoms with van der Waals surface area (Å²) >= 11 is 0. The second-order valence-electron chi connectivity index (χ2n) is 6.19. The third-order valence-electron chi connectivity index (χ3n) is 4.16. The molecular formula is C14H27NO. The Balaban J connectivity index is 1.61. The summed E-state index contributed by atoms with van der Waals surface area (Å²) in [5.74, 6) is 1.01. The highest BCUT2D eigenvalue weighted by Gasteiger charge is 2.28. The summed E-state index contributed by atoms with van der Waals surface area (Å²) in [4.78, 5) is 0. The number of hydrogen-bond acceptors (Lipinski definition) is 2. The quantitative estimate of drug-likeness (QED) is 0.794. The summed E-state index contributed by atoms with van der Waals surface area (Å²) in [5, 5.41) is 3.72. The summed E-state index contributed by atoms with van der Waals surface area (Å²) in [6, 6.07) is 0.685. The Bertz CT molecular complexity index is 209. The van der Waals surface area contributed by atoms with Crippen LogP contribution in [-0.4, -0.2) is 24.8 Å². The smallest absolute Gasteiger partial charge is 0.0641 e. The molecule has 2 heteroatoms. The third kappa shape index (κ3) is 3.74. The highest BCUT2D eigenvalue weighted by atomic mass is 16.5. The monoisotopic (exact) mass is 225 g/mol. The van der Waals surface area contributed by atoms with Crippen LogP contribution in [0.3, 0.4) is 0 Å². The fourth-order valence-electron chi connectivity index (χ4n) is 3.20. The summed E-state index contributed by atoms with van der Waals surface area (Å²) in [5.41, 5.74) is 0.0866. The van der Waals surface area contributed by atoms with Gasteiger partial charge in [0.25, 0.3) is 0 Å². The van der Waals surface area contributed by atoms with Crippen molar-refractivity contribution in [3.63, 3.8) is 0 Å². The maximum Gasteiger partial charge on any atom is 0.0641 e. The molecule has 0 amide bonds. The van der Waals surface area contributed by atoms with Crippen molar-refractivity contribution in [1.29, 1.82) is 0 Å². The maximum absolute atomic E-state index is 5.74. The molecule has 2 rings (SSSR count). The van der Waals surface area contributed by atoms with Crippen LogP contribution in [0, 0.1) is 5.92 Å². The van der Waals surface area contributed by atoms with Crippen LogP contribution in [0.5, 0.6) is 0 Å². The molecule has 0 aromatic carbocycles. The molecule has 1 aliphatic carbocycles. The fourth-order valence-corrected chi connectivity index (χ4v) is 3.20. The molecular weight excluding hydrogens is 198 g/mol. The minimum atomic E-state index is 0.0866. The van der Waals surface area contributed by atoms with Crippen LogP contribution in [0.15, 0.2) is 0 Å². The molecule has 1 heterocycles. The Morgan fingerprint density at radius 3 is 2.62 bits per heavy atom. The van der Waals surface area contributed by atoms with Gasteiger partial charge in [0.2, 0.25) is 0 Å². The Kier molecular flexibility index (Phi) is 4.26. The van der Waals surface area contributed by atoms with Gasteiger partial charge in [-0.2, -0.15) is 0 Å². The van der Waals surface area contributed by atoms with Crippen LogP contribution >= 0.6 is 0 Å². The van der Waals surface area contributed by atoms with Crippen LogP contribution in [0.4, 0.5) is 0 Å². The number of hydrogen-bond donors (Lipinski definition) is 1. The molecule has 0 radical (unpaired) electrons. The fraction of sp³-hybridized carbons (Fsp3) is 1.00. The van der Waals surface area contributed by atoms with E-state index in [-0.39, 0.29) is 5.60 Å². The number of rotatable bonds is 4. The predicted molar refractivity (Wildman–Crippen MR) is 67.6 cm³/mol. The minimum Gasteiger partial charge on any atom is -0.375 e. The second-order valence-corrected chi connectivity index (χ2v) is 6.19. The lowest BCUT2D eigenvalue weighted by Crippen LogP contribution is -2.44. The van der Waals surface area contributed by atoms with Crippen molar-refractivity contribution in [2.24, 2.45) is 5.92 Å². The molecule has 0 aromatic rings. The highest BCUT2D eigenvalue weighted by Crippen LogP contribution is 2.27. The summed E-state index contributed by atoms with van der Waals surface area (Å²) in [7, 11) is 0. The number of nitrogens with one attached hydrogen (secondary N) is 1. The van der Waals surface area contributed by atoms with E-state index in [1.807, 2.05) is 0 Å². The van der Waals surface area contributed by atoms with Crippen LogP contribution in [0.2, 0.25) is 0 Å². The van der Waals surface area contributed by atoms with Crippen LogP contribution in [0.25, 0.3) is 0 Å². The van der Waals surface area contributed by atoms with Crippen molar-refractivity contribution in [2.75, 3.05) is 13.2 Å². The lowest BCUT2D eigenvalue weighted by molar-refractivity contribution is -0.0628.